The number of ether oxygens (including phenoxy) is 2. The number of benzene rings is 2. The van der Waals surface area contributed by atoms with E-state index in [0.717, 1.165) is 40.1 Å². The lowest BCUT2D eigenvalue weighted by atomic mass is 9.91. The minimum Gasteiger partial charge on any atom is -0.497 e. The molecule has 2 aromatic heterocycles. The molecule has 158 valence electrons. The van der Waals surface area contributed by atoms with Gasteiger partial charge in [-0.1, -0.05) is 23.4 Å². The van der Waals surface area contributed by atoms with Crippen molar-refractivity contribution in [3.8, 4) is 11.5 Å². The van der Waals surface area contributed by atoms with Crippen LogP contribution in [0.1, 0.15) is 39.1 Å². The smallest absolute Gasteiger partial charge is 0.276 e. The number of carbonyl (C=O) groups excluding carboxylic acids is 1. The third-order valence-corrected chi connectivity index (χ3v) is 5.88. The number of methoxy groups -OCH3 is 2. The molecule has 7 heteroatoms. The molecule has 5 rings (SSSR count). The van der Waals surface area contributed by atoms with Gasteiger partial charge in [0.2, 0.25) is 0 Å². The Labute approximate surface area is 179 Å². The van der Waals surface area contributed by atoms with Crippen LogP contribution in [0.25, 0.3) is 10.9 Å². The fourth-order valence-electron chi connectivity index (χ4n) is 4.44. The van der Waals surface area contributed by atoms with E-state index >= 15 is 0 Å². The van der Waals surface area contributed by atoms with Crippen LogP contribution in [0.4, 0.5) is 0 Å². The molecule has 1 aliphatic heterocycles. The Morgan fingerprint density at radius 2 is 2.00 bits per heavy atom. The summed E-state index contributed by atoms with van der Waals surface area (Å²) < 4.78 is 16.3. The highest BCUT2D eigenvalue weighted by Crippen LogP contribution is 2.42. The minimum absolute atomic E-state index is 0.172. The van der Waals surface area contributed by atoms with Gasteiger partial charge in [0.05, 0.1) is 14.2 Å². The monoisotopic (exact) mass is 417 g/mol. The summed E-state index contributed by atoms with van der Waals surface area (Å²) >= 11 is 0. The lowest BCUT2D eigenvalue weighted by Gasteiger charge is -2.36. The van der Waals surface area contributed by atoms with Gasteiger partial charge in [0.1, 0.15) is 23.3 Å². The van der Waals surface area contributed by atoms with Crippen molar-refractivity contribution in [3.63, 3.8) is 0 Å². The fraction of sp³-hybridized carbons (Fsp3) is 0.250. The Hall–Kier alpha value is -3.74. The van der Waals surface area contributed by atoms with E-state index in [9.17, 15) is 4.79 Å². The summed E-state index contributed by atoms with van der Waals surface area (Å²) in [5.74, 6) is 1.97. The van der Waals surface area contributed by atoms with E-state index in [2.05, 4.69) is 10.1 Å². The number of nitrogens with zero attached hydrogens (tertiary/aromatic N) is 2. The second-order valence-corrected chi connectivity index (χ2v) is 7.64. The van der Waals surface area contributed by atoms with Crippen molar-refractivity contribution >= 4 is 16.8 Å². The van der Waals surface area contributed by atoms with Crippen molar-refractivity contribution in [1.82, 2.24) is 15.0 Å². The summed E-state index contributed by atoms with van der Waals surface area (Å²) in [6.45, 7) is 2.32. The summed E-state index contributed by atoms with van der Waals surface area (Å²) in [5.41, 5.74) is 4.40. The molecule has 3 heterocycles. The standard InChI is InChI=1S/C24H23N3O4/c1-14-12-20(26-31-14)24(28)27-11-10-16-18-13-15(29-2)8-9-19(18)25-22(16)23(27)17-6-4-5-7-21(17)30-3/h4-9,12-13,23,25H,10-11H2,1-3H3. The van der Waals surface area contributed by atoms with Gasteiger partial charge in [-0.15, -0.1) is 0 Å². The topological polar surface area (TPSA) is 80.6 Å². The maximum absolute atomic E-state index is 13.5. The van der Waals surface area contributed by atoms with E-state index < -0.39 is 0 Å². The molecule has 1 aliphatic rings. The Balaban J connectivity index is 1.70. The van der Waals surface area contributed by atoms with Gasteiger partial charge in [0.15, 0.2) is 5.69 Å². The summed E-state index contributed by atoms with van der Waals surface area (Å²) in [7, 11) is 3.31. The first-order valence-corrected chi connectivity index (χ1v) is 10.2. The fourth-order valence-corrected chi connectivity index (χ4v) is 4.44. The second-order valence-electron chi connectivity index (χ2n) is 7.64. The maximum atomic E-state index is 13.5. The Morgan fingerprint density at radius 3 is 2.74 bits per heavy atom. The Morgan fingerprint density at radius 1 is 1.16 bits per heavy atom. The third-order valence-electron chi connectivity index (χ3n) is 5.88. The molecular weight excluding hydrogens is 394 g/mol. The van der Waals surface area contributed by atoms with E-state index in [1.165, 1.54) is 5.56 Å². The summed E-state index contributed by atoms with van der Waals surface area (Å²) in [6.07, 6.45) is 0.719. The minimum atomic E-state index is -0.345. The molecule has 0 saturated heterocycles. The first kappa shape index (κ1) is 19.2. The lowest BCUT2D eigenvalue weighted by molar-refractivity contribution is 0.0679. The third kappa shape index (κ3) is 3.13. The van der Waals surface area contributed by atoms with Crippen molar-refractivity contribution in [2.24, 2.45) is 0 Å². The number of nitrogens with one attached hydrogen (secondary N) is 1. The van der Waals surface area contributed by atoms with Crippen molar-refractivity contribution in [3.05, 3.63) is 76.8 Å². The molecule has 0 spiro atoms. The normalized spacial score (nSPS) is 15.7. The van der Waals surface area contributed by atoms with Gasteiger partial charge in [-0.05, 0) is 43.2 Å². The zero-order chi connectivity index (χ0) is 21.5. The van der Waals surface area contributed by atoms with Gasteiger partial charge in [-0.2, -0.15) is 0 Å². The summed E-state index contributed by atoms with van der Waals surface area (Å²) in [5, 5.41) is 5.07. The SMILES string of the molecule is COc1ccc2[nH]c3c(c2c1)CCN(C(=O)c1cc(C)on1)C3c1ccccc1OC. The van der Waals surface area contributed by atoms with E-state index in [4.69, 9.17) is 14.0 Å². The van der Waals surface area contributed by atoms with Crippen LogP contribution < -0.4 is 9.47 Å². The zero-order valence-electron chi connectivity index (χ0n) is 17.6. The van der Waals surface area contributed by atoms with Crippen LogP contribution >= 0.6 is 0 Å². The zero-order valence-corrected chi connectivity index (χ0v) is 17.6. The van der Waals surface area contributed by atoms with Crippen molar-refractivity contribution in [2.75, 3.05) is 20.8 Å². The molecule has 1 unspecified atom stereocenters. The number of aryl methyl sites for hydroxylation is 1. The molecule has 2 aromatic carbocycles. The van der Waals surface area contributed by atoms with Crippen molar-refractivity contribution < 1.29 is 18.8 Å². The molecule has 1 N–H and O–H groups in total. The molecule has 1 amide bonds. The predicted molar refractivity (Wildman–Crippen MR) is 116 cm³/mol. The van der Waals surface area contributed by atoms with Crippen LogP contribution in [0.5, 0.6) is 11.5 Å². The van der Waals surface area contributed by atoms with Gasteiger partial charge in [-0.25, -0.2) is 0 Å². The molecule has 4 aromatic rings. The van der Waals surface area contributed by atoms with Crippen LogP contribution in [0, 0.1) is 6.92 Å². The number of hydrogen-bond donors (Lipinski definition) is 1. The summed E-state index contributed by atoms with van der Waals surface area (Å²) in [4.78, 5) is 18.8. The first-order chi connectivity index (χ1) is 15.1. The highest BCUT2D eigenvalue weighted by Gasteiger charge is 2.37. The van der Waals surface area contributed by atoms with Gasteiger partial charge < -0.3 is 23.9 Å². The number of aromatic nitrogens is 2. The largest absolute Gasteiger partial charge is 0.497 e. The van der Waals surface area contributed by atoms with Crippen LogP contribution in [0.2, 0.25) is 0 Å². The molecule has 0 radical (unpaired) electrons. The van der Waals surface area contributed by atoms with E-state index in [0.29, 0.717) is 18.0 Å². The lowest BCUT2D eigenvalue weighted by Crippen LogP contribution is -2.41. The maximum Gasteiger partial charge on any atom is 0.276 e. The van der Waals surface area contributed by atoms with Crippen molar-refractivity contribution in [1.29, 1.82) is 0 Å². The Bertz CT molecular complexity index is 1270. The van der Waals surface area contributed by atoms with E-state index in [-0.39, 0.29) is 11.9 Å². The van der Waals surface area contributed by atoms with Crippen LogP contribution in [-0.2, 0) is 6.42 Å². The molecule has 0 fully saturated rings. The van der Waals surface area contributed by atoms with Gasteiger partial charge in [0.25, 0.3) is 5.91 Å². The second kappa shape index (κ2) is 7.50. The molecule has 1 atom stereocenters. The molecular formula is C24H23N3O4. The predicted octanol–water partition coefficient (Wildman–Crippen LogP) is 4.27. The van der Waals surface area contributed by atoms with E-state index in [1.54, 1.807) is 27.2 Å². The Kier molecular flexibility index (Phi) is 4.66. The number of amides is 1. The van der Waals surface area contributed by atoms with Crippen LogP contribution in [0.3, 0.4) is 0 Å². The molecule has 0 aliphatic carbocycles. The number of para-hydroxylation sites is 1. The number of carbonyl (C=O) groups is 1. The number of hydrogen-bond acceptors (Lipinski definition) is 5. The average molecular weight is 417 g/mol. The quantitative estimate of drug-likeness (QED) is 0.536. The van der Waals surface area contributed by atoms with Gasteiger partial charge >= 0.3 is 0 Å². The first-order valence-electron chi connectivity index (χ1n) is 10.2. The highest BCUT2D eigenvalue weighted by atomic mass is 16.5. The van der Waals surface area contributed by atoms with Gasteiger partial charge in [0, 0.05) is 34.8 Å². The number of rotatable bonds is 4. The summed E-state index contributed by atoms with van der Waals surface area (Å²) in [6, 6.07) is 15.1. The number of H-pyrrole nitrogens is 1. The molecule has 31 heavy (non-hydrogen) atoms. The average Bonchev–Trinajstić information content (AvgIpc) is 3.40. The van der Waals surface area contributed by atoms with Crippen LogP contribution in [-0.4, -0.2) is 41.7 Å². The number of fused-ring (bicyclic) bond motifs is 3. The molecule has 0 saturated carbocycles. The van der Waals surface area contributed by atoms with Crippen molar-refractivity contribution in [2.45, 2.75) is 19.4 Å². The highest BCUT2D eigenvalue weighted by molar-refractivity contribution is 5.94. The molecule has 0 bridgehead atoms. The number of aromatic amines is 1. The molecule has 7 nitrogen and oxygen atoms in total. The van der Waals surface area contributed by atoms with E-state index in [1.807, 2.05) is 47.4 Å². The van der Waals surface area contributed by atoms with Gasteiger partial charge in [-0.3, -0.25) is 4.79 Å². The van der Waals surface area contributed by atoms with Crippen LogP contribution in [0.15, 0.2) is 53.1 Å².